The van der Waals surface area contributed by atoms with Crippen molar-refractivity contribution in [2.75, 3.05) is 45.2 Å². The molecule has 0 radical (unpaired) electrons. The van der Waals surface area contributed by atoms with Crippen molar-refractivity contribution < 1.29 is 9.53 Å². The van der Waals surface area contributed by atoms with Gasteiger partial charge in [0.1, 0.15) is 0 Å². The Morgan fingerprint density at radius 3 is 2.79 bits per heavy atom. The third-order valence-corrected chi connectivity index (χ3v) is 5.10. The van der Waals surface area contributed by atoms with Crippen LogP contribution in [0.15, 0.2) is 24.3 Å². The zero-order valence-electron chi connectivity index (χ0n) is 14.7. The highest BCUT2D eigenvalue weighted by atomic mass is 16.5. The van der Waals surface area contributed by atoms with Gasteiger partial charge in [0.05, 0.1) is 6.61 Å². The Kier molecular flexibility index (Phi) is 6.10. The average molecular weight is 331 g/mol. The van der Waals surface area contributed by atoms with Crippen LogP contribution in [0, 0.1) is 5.92 Å². The number of amides is 2. The van der Waals surface area contributed by atoms with Gasteiger partial charge in [-0.2, -0.15) is 0 Å². The van der Waals surface area contributed by atoms with Gasteiger partial charge >= 0.3 is 6.03 Å². The first-order valence-corrected chi connectivity index (χ1v) is 9.11. The van der Waals surface area contributed by atoms with Gasteiger partial charge in [-0.05, 0) is 44.3 Å². The standard InChI is InChI=1S/C19H29N3O2/c1-24-15-17-7-3-4-8-18(17)20-19(23)22-12-9-16(14-22)13-21-10-5-2-6-11-21/h3-4,7-8,16H,2,5-6,9-15H2,1H3,(H,20,23)/t16-/m1/s1. The highest BCUT2D eigenvalue weighted by Crippen LogP contribution is 2.22. The van der Waals surface area contributed by atoms with Crippen LogP contribution in [-0.4, -0.2) is 55.7 Å². The van der Waals surface area contributed by atoms with E-state index in [0.717, 1.165) is 37.3 Å². The molecular formula is C19H29N3O2. The summed E-state index contributed by atoms with van der Waals surface area (Å²) in [6.07, 6.45) is 5.14. The van der Waals surface area contributed by atoms with Gasteiger partial charge < -0.3 is 19.9 Å². The van der Waals surface area contributed by atoms with Crippen LogP contribution >= 0.6 is 0 Å². The van der Waals surface area contributed by atoms with E-state index in [0.29, 0.717) is 12.5 Å². The van der Waals surface area contributed by atoms with Crippen molar-refractivity contribution in [2.24, 2.45) is 5.92 Å². The number of rotatable bonds is 5. The summed E-state index contributed by atoms with van der Waals surface area (Å²) in [7, 11) is 1.67. The van der Waals surface area contributed by atoms with E-state index < -0.39 is 0 Å². The topological polar surface area (TPSA) is 44.8 Å². The van der Waals surface area contributed by atoms with E-state index in [-0.39, 0.29) is 6.03 Å². The molecule has 0 bridgehead atoms. The lowest BCUT2D eigenvalue weighted by Gasteiger charge is -2.29. The first kappa shape index (κ1) is 17.2. The van der Waals surface area contributed by atoms with Crippen LogP contribution in [0.3, 0.4) is 0 Å². The van der Waals surface area contributed by atoms with E-state index in [2.05, 4.69) is 10.2 Å². The van der Waals surface area contributed by atoms with Gasteiger partial charge in [-0.3, -0.25) is 0 Å². The van der Waals surface area contributed by atoms with E-state index in [4.69, 9.17) is 4.74 Å². The lowest BCUT2D eigenvalue weighted by molar-refractivity contribution is 0.185. The van der Waals surface area contributed by atoms with Gasteiger partial charge in [-0.1, -0.05) is 24.6 Å². The zero-order valence-corrected chi connectivity index (χ0v) is 14.7. The molecule has 2 heterocycles. The second kappa shape index (κ2) is 8.49. The van der Waals surface area contributed by atoms with Crippen LogP contribution < -0.4 is 5.32 Å². The molecule has 132 valence electrons. The fourth-order valence-corrected chi connectivity index (χ4v) is 3.79. The fourth-order valence-electron chi connectivity index (χ4n) is 3.79. The van der Waals surface area contributed by atoms with E-state index >= 15 is 0 Å². The first-order chi connectivity index (χ1) is 11.8. The Balaban J connectivity index is 1.51. The molecule has 3 rings (SSSR count). The Hall–Kier alpha value is -1.59. The number of carbonyl (C=O) groups excluding carboxylic acids is 1. The molecule has 1 aromatic carbocycles. The van der Waals surface area contributed by atoms with Gasteiger partial charge in [0.25, 0.3) is 0 Å². The number of likely N-dealkylation sites (tertiary alicyclic amines) is 2. The molecular weight excluding hydrogens is 302 g/mol. The first-order valence-electron chi connectivity index (χ1n) is 9.11. The fraction of sp³-hybridized carbons (Fsp3) is 0.632. The lowest BCUT2D eigenvalue weighted by Crippen LogP contribution is -2.37. The second-order valence-corrected chi connectivity index (χ2v) is 6.98. The molecule has 2 fully saturated rings. The van der Waals surface area contributed by atoms with Crippen LogP contribution in [0.2, 0.25) is 0 Å². The summed E-state index contributed by atoms with van der Waals surface area (Å²) in [5, 5.41) is 3.05. The Labute approximate surface area is 145 Å². The van der Waals surface area contributed by atoms with Crippen LogP contribution in [0.5, 0.6) is 0 Å². The molecule has 24 heavy (non-hydrogen) atoms. The van der Waals surface area contributed by atoms with Crippen molar-refractivity contribution in [3.63, 3.8) is 0 Å². The summed E-state index contributed by atoms with van der Waals surface area (Å²) in [6, 6.07) is 7.85. The minimum atomic E-state index is 0.0136. The predicted octanol–water partition coefficient (Wildman–Crippen LogP) is 3.17. The number of hydrogen-bond donors (Lipinski definition) is 1. The molecule has 0 aromatic heterocycles. The van der Waals surface area contributed by atoms with Gasteiger partial charge in [0.15, 0.2) is 0 Å². The SMILES string of the molecule is COCc1ccccc1NC(=O)N1CC[C@H](CN2CCCCC2)C1. The normalized spacial score (nSPS) is 21.9. The summed E-state index contributed by atoms with van der Waals surface area (Å²) < 4.78 is 5.21. The number of nitrogens with zero attached hydrogens (tertiary/aromatic N) is 2. The molecule has 1 aromatic rings. The lowest BCUT2D eigenvalue weighted by atomic mass is 10.1. The number of para-hydroxylation sites is 1. The summed E-state index contributed by atoms with van der Waals surface area (Å²) in [6.45, 7) is 5.84. The maximum atomic E-state index is 12.6. The number of carbonyl (C=O) groups is 1. The summed E-state index contributed by atoms with van der Waals surface area (Å²) >= 11 is 0. The molecule has 1 N–H and O–H groups in total. The molecule has 0 spiro atoms. The number of methoxy groups -OCH3 is 1. The number of ether oxygens (including phenoxy) is 1. The van der Waals surface area contributed by atoms with Crippen molar-refractivity contribution in [2.45, 2.75) is 32.3 Å². The largest absolute Gasteiger partial charge is 0.380 e. The predicted molar refractivity (Wildman–Crippen MR) is 96.1 cm³/mol. The van der Waals surface area contributed by atoms with Crippen molar-refractivity contribution in [3.05, 3.63) is 29.8 Å². The Bertz CT molecular complexity index is 543. The summed E-state index contributed by atoms with van der Waals surface area (Å²) in [5.74, 6) is 0.614. The quantitative estimate of drug-likeness (QED) is 0.901. The second-order valence-electron chi connectivity index (χ2n) is 6.98. The minimum absolute atomic E-state index is 0.0136. The molecule has 0 unspecified atom stereocenters. The van der Waals surface area contributed by atoms with Crippen LogP contribution in [0.1, 0.15) is 31.2 Å². The number of urea groups is 1. The number of nitrogens with one attached hydrogen (secondary N) is 1. The molecule has 2 amide bonds. The molecule has 2 aliphatic heterocycles. The van der Waals surface area contributed by atoms with Crippen molar-refractivity contribution in [3.8, 4) is 0 Å². The van der Waals surface area contributed by atoms with Crippen molar-refractivity contribution >= 4 is 11.7 Å². The van der Waals surface area contributed by atoms with Gasteiger partial charge in [0.2, 0.25) is 0 Å². The number of benzene rings is 1. The smallest absolute Gasteiger partial charge is 0.321 e. The van der Waals surface area contributed by atoms with Crippen LogP contribution in [-0.2, 0) is 11.3 Å². The maximum Gasteiger partial charge on any atom is 0.321 e. The van der Waals surface area contributed by atoms with E-state index in [9.17, 15) is 4.79 Å². The molecule has 1 atom stereocenters. The van der Waals surface area contributed by atoms with Crippen molar-refractivity contribution in [1.29, 1.82) is 0 Å². The summed E-state index contributed by atoms with van der Waals surface area (Å²) in [5.41, 5.74) is 1.86. The number of piperidine rings is 1. The van der Waals surface area contributed by atoms with Crippen LogP contribution in [0.4, 0.5) is 10.5 Å². The summed E-state index contributed by atoms with van der Waals surface area (Å²) in [4.78, 5) is 17.1. The highest BCUT2D eigenvalue weighted by molar-refractivity contribution is 5.90. The minimum Gasteiger partial charge on any atom is -0.380 e. The Morgan fingerprint density at radius 2 is 2.00 bits per heavy atom. The van der Waals surface area contributed by atoms with Crippen molar-refractivity contribution in [1.82, 2.24) is 9.80 Å². The number of anilines is 1. The van der Waals surface area contributed by atoms with E-state index in [1.54, 1.807) is 7.11 Å². The highest BCUT2D eigenvalue weighted by Gasteiger charge is 2.28. The zero-order chi connectivity index (χ0) is 16.8. The molecule has 5 heteroatoms. The van der Waals surface area contributed by atoms with Gasteiger partial charge in [0, 0.05) is 38.0 Å². The molecule has 0 saturated carbocycles. The molecule has 2 aliphatic rings. The van der Waals surface area contributed by atoms with E-state index in [1.165, 1.54) is 32.4 Å². The maximum absolute atomic E-state index is 12.6. The number of hydrogen-bond acceptors (Lipinski definition) is 3. The Morgan fingerprint density at radius 1 is 1.21 bits per heavy atom. The van der Waals surface area contributed by atoms with Crippen LogP contribution in [0.25, 0.3) is 0 Å². The average Bonchev–Trinajstić information content (AvgIpc) is 3.06. The van der Waals surface area contributed by atoms with Gasteiger partial charge in [-0.25, -0.2) is 4.79 Å². The molecule has 2 saturated heterocycles. The molecule has 0 aliphatic carbocycles. The van der Waals surface area contributed by atoms with E-state index in [1.807, 2.05) is 29.2 Å². The monoisotopic (exact) mass is 331 g/mol. The van der Waals surface area contributed by atoms with Gasteiger partial charge in [-0.15, -0.1) is 0 Å². The third kappa shape index (κ3) is 4.48. The molecule has 5 nitrogen and oxygen atoms in total. The third-order valence-electron chi connectivity index (χ3n) is 5.10.